The van der Waals surface area contributed by atoms with Gasteiger partial charge in [-0.2, -0.15) is 0 Å². The summed E-state index contributed by atoms with van der Waals surface area (Å²) < 4.78 is 27.2. The Labute approximate surface area is 173 Å². The van der Waals surface area contributed by atoms with E-state index >= 15 is 0 Å². The summed E-state index contributed by atoms with van der Waals surface area (Å²) in [5.74, 6) is -0.373. The molecule has 0 saturated heterocycles. The Morgan fingerprint density at radius 3 is 2.45 bits per heavy atom. The Bertz CT molecular complexity index is 1070. The number of rotatable bonds is 8. The maximum Gasteiger partial charge on any atom is 0.269 e. The standard InChI is InChI=1S/C19H21N5O3S2/c1-14-8-10-15(11-9-14)17(25)21-18-22-23-19(28-18)29(26,27)20-12-13-24(2)16-6-4-3-5-7-16/h3-11,20H,12-13H2,1-2H3,(H,21,22,25). The first-order chi connectivity index (χ1) is 13.8. The Balaban J connectivity index is 1.57. The fraction of sp³-hybridized carbons (Fsp3) is 0.211. The van der Waals surface area contributed by atoms with Crippen LogP contribution in [0, 0.1) is 6.92 Å². The molecule has 3 rings (SSSR count). The van der Waals surface area contributed by atoms with Gasteiger partial charge in [-0.25, -0.2) is 13.1 Å². The Morgan fingerprint density at radius 1 is 1.07 bits per heavy atom. The summed E-state index contributed by atoms with van der Waals surface area (Å²) in [5, 5.41) is 10.2. The zero-order valence-corrected chi connectivity index (χ0v) is 17.6. The first-order valence-electron chi connectivity index (χ1n) is 8.82. The van der Waals surface area contributed by atoms with Gasteiger partial charge in [0.1, 0.15) is 0 Å². The quantitative estimate of drug-likeness (QED) is 0.531. The Kier molecular flexibility index (Phi) is 6.57. The number of likely N-dealkylation sites (N-methyl/N-ethyl adjacent to an activating group) is 1. The number of hydrogen-bond donors (Lipinski definition) is 2. The highest BCUT2D eigenvalue weighted by molar-refractivity contribution is 7.91. The molecule has 0 aliphatic rings. The van der Waals surface area contributed by atoms with E-state index in [1.807, 2.05) is 61.3 Å². The molecule has 2 N–H and O–H groups in total. The molecule has 152 valence electrons. The molecule has 0 saturated carbocycles. The van der Waals surface area contributed by atoms with Gasteiger partial charge in [0.25, 0.3) is 15.9 Å². The van der Waals surface area contributed by atoms with Crippen LogP contribution in [0.2, 0.25) is 0 Å². The number of anilines is 2. The van der Waals surface area contributed by atoms with Gasteiger partial charge in [-0.15, -0.1) is 10.2 Å². The minimum atomic E-state index is -3.81. The van der Waals surface area contributed by atoms with Gasteiger partial charge in [0.05, 0.1) is 0 Å². The van der Waals surface area contributed by atoms with Crippen molar-refractivity contribution in [2.75, 3.05) is 30.4 Å². The number of carbonyl (C=O) groups is 1. The second kappa shape index (κ2) is 9.12. The molecule has 0 aliphatic heterocycles. The second-order valence-electron chi connectivity index (χ2n) is 6.35. The first kappa shape index (κ1) is 20.9. The van der Waals surface area contributed by atoms with E-state index in [-0.39, 0.29) is 21.9 Å². The largest absolute Gasteiger partial charge is 0.373 e. The van der Waals surface area contributed by atoms with Crippen molar-refractivity contribution in [2.45, 2.75) is 11.3 Å². The van der Waals surface area contributed by atoms with E-state index in [1.54, 1.807) is 12.1 Å². The van der Waals surface area contributed by atoms with Crippen molar-refractivity contribution < 1.29 is 13.2 Å². The summed E-state index contributed by atoms with van der Waals surface area (Å²) in [7, 11) is -1.92. The lowest BCUT2D eigenvalue weighted by atomic mass is 10.1. The van der Waals surface area contributed by atoms with Crippen LogP contribution in [0.25, 0.3) is 0 Å². The van der Waals surface area contributed by atoms with Crippen LogP contribution >= 0.6 is 11.3 Å². The van der Waals surface area contributed by atoms with E-state index < -0.39 is 10.0 Å². The predicted molar refractivity (Wildman–Crippen MR) is 114 cm³/mol. The molecule has 1 heterocycles. The zero-order valence-electron chi connectivity index (χ0n) is 16.0. The number of benzene rings is 2. The summed E-state index contributed by atoms with van der Waals surface area (Å²) >= 11 is 0.803. The van der Waals surface area contributed by atoms with Gasteiger partial charge in [-0.05, 0) is 31.2 Å². The number of nitrogens with zero attached hydrogens (tertiary/aromatic N) is 3. The lowest BCUT2D eigenvalue weighted by Crippen LogP contribution is -2.33. The van der Waals surface area contributed by atoms with Crippen molar-refractivity contribution in [1.82, 2.24) is 14.9 Å². The maximum absolute atomic E-state index is 12.4. The Hall–Kier alpha value is -2.82. The van der Waals surface area contributed by atoms with Crippen LogP contribution in [0.5, 0.6) is 0 Å². The highest BCUT2D eigenvalue weighted by Crippen LogP contribution is 2.20. The lowest BCUT2D eigenvalue weighted by Gasteiger charge is -2.19. The van der Waals surface area contributed by atoms with Crippen molar-refractivity contribution in [3.05, 3.63) is 65.7 Å². The molecule has 1 aromatic heterocycles. The summed E-state index contributed by atoms with van der Waals surface area (Å²) in [6.45, 7) is 2.62. The summed E-state index contributed by atoms with van der Waals surface area (Å²) in [5.41, 5.74) is 2.48. The molecule has 0 aliphatic carbocycles. The molecule has 0 radical (unpaired) electrons. The highest BCUT2D eigenvalue weighted by atomic mass is 32.2. The number of sulfonamides is 1. The third-order valence-corrected chi connectivity index (χ3v) is 6.77. The average Bonchev–Trinajstić information content (AvgIpc) is 3.18. The number of carbonyl (C=O) groups excluding carboxylic acids is 1. The molecule has 10 heteroatoms. The van der Waals surface area contributed by atoms with Crippen LogP contribution in [0.1, 0.15) is 15.9 Å². The number of para-hydroxylation sites is 1. The summed E-state index contributed by atoms with van der Waals surface area (Å²) in [6, 6.07) is 16.7. The van der Waals surface area contributed by atoms with E-state index in [4.69, 9.17) is 0 Å². The van der Waals surface area contributed by atoms with E-state index in [1.165, 1.54) is 0 Å². The minimum absolute atomic E-state index is 0.123. The average molecular weight is 432 g/mol. The normalized spacial score (nSPS) is 11.2. The van der Waals surface area contributed by atoms with E-state index in [0.717, 1.165) is 22.6 Å². The molecule has 0 unspecified atom stereocenters. The lowest BCUT2D eigenvalue weighted by molar-refractivity contribution is 0.102. The third-order valence-electron chi connectivity index (χ3n) is 4.11. The number of hydrogen-bond acceptors (Lipinski definition) is 7. The molecular weight excluding hydrogens is 410 g/mol. The molecular formula is C19H21N5O3S2. The van der Waals surface area contributed by atoms with E-state index in [9.17, 15) is 13.2 Å². The van der Waals surface area contributed by atoms with Gasteiger partial charge in [0.15, 0.2) is 0 Å². The van der Waals surface area contributed by atoms with Crippen LogP contribution in [0.4, 0.5) is 10.8 Å². The second-order valence-corrected chi connectivity index (χ2v) is 9.27. The van der Waals surface area contributed by atoms with Crippen molar-refractivity contribution in [2.24, 2.45) is 0 Å². The molecule has 2 aromatic carbocycles. The van der Waals surface area contributed by atoms with Gasteiger partial charge < -0.3 is 4.90 Å². The van der Waals surface area contributed by atoms with Gasteiger partial charge >= 0.3 is 0 Å². The van der Waals surface area contributed by atoms with Gasteiger partial charge in [0.2, 0.25) is 9.47 Å². The van der Waals surface area contributed by atoms with Crippen LogP contribution in [0.15, 0.2) is 58.9 Å². The fourth-order valence-electron chi connectivity index (χ4n) is 2.46. The van der Waals surface area contributed by atoms with E-state index in [2.05, 4.69) is 20.2 Å². The molecule has 0 spiro atoms. The van der Waals surface area contributed by atoms with Crippen molar-refractivity contribution in [3.8, 4) is 0 Å². The monoisotopic (exact) mass is 431 g/mol. The molecule has 0 fully saturated rings. The van der Waals surface area contributed by atoms with Gasteiger partial charge in [-0.3, -0.25) is 10.1 Å². The van der Waals surface area contributed by atoms with Crippen molar-refractivity contribution in [3.63, 3.8) is 0 Å². The minimum Gasteiger partial charge on any atom is -0.373 e. The molecule has 8 nitrogen and oxygen atoms in total. The Morgan fingerprint density at radius 2 is 1.76 bits per heavy atom. The summed E-state index contributed by atoms with van der Waals surface area (Å²) in [6.07, 6.45) is 0. The van der Waals surface area contributed by atoms with Crippen molar-refractivity contribution >= 4 is 38.1 Å². The number of amides is 1. The zero-order chi connectivity index (χ0) is 20.9. The highest BCUT2D eigenvalue weighted by Gasteiger charge is 2.21. The number of aryl methyl sites for hydroxylation is 1. The molecule has 0 bridgehead atoms. The predicted octanol–water partition coefficient (Wildman–Crippen LogP) is 2.51. The van der Waals surface area contributed by atoms with Crippen LogP contribution in [0.3, 0.4) is 0 Å². The molecule has 3 aromatic rings. The topological polar surface area (TPSA) is 104 Å². The maximum atomic E-state index is 12.4. The molecule has 0 atom stereocenters. The number of aromatic nitrogens is 2. The van der Waals surface area contributed by atoms with Crippen LogP contribution < -0.4 is 14.9 Å². The molecule has 1 amide bonds. The van der Waals surface area contributed by atoms with Crippen LogP contribution in [-0.4, -0.2) is 44.7 Å². The van der Waals surface area contributed by atoms with Gasteiger partial charge in [0, 0.05) is 31.4 Å². The summed E-state index contributed by atoms with van der Waals surface area (Å²) in [4.78, 5) is 14.2. The SMILES string of the molecule is Cc1ccc(C(=O)Nc2nnc(S(=O)(=O)NCCN(C)c3ccccc3)s2)cc1. The van der Waals surface area contributed by atoms with Crippen molar-refractivity contribution in [1.29, 1.82) is 0 Å². The molecule has 29 heavy (non-hydrogen) atoms. The van der Waals surface area contributed by atoms with Gasteiger partial charge in [-0.1, -0.05) is 47.2 Å². The van der Waals surface area contributed by atoms with Crippen LogP contribution in [-0.2, 0) is 10.0 Å². The van der Waals surface area contributed by atoms with E-state index in [0.29, 0.717) is 12.1 Å². The number of nitrogens with one attached hydrogen (secondary N) is 2. The first-order valence-corrected chi connectivity index (χ1v) is 11.1. The smallest absolute Gasteiger partial charge is 0.269 e. The third kappa shape index (κ3) is 5.59. The fourth-order valence-corrected chi connectivity index (χ4v) is 4.42.